The number of furan rings is 1. The smallest absolute Gasteiger partial charge is 0.401 e. The average Bonchev–Trinajstić information content (AvgIpc) is 3.56. The molecular formula is C29H27N5O5. The molecule has 3 aromatic heterocycles. The second kappa shape index (κ2) is 9.97. The van der Waals surface area contributed by atoms with Gasteiger partial charge in [-0.25, -0.2) is 9.36 Å². The van der Waals surface area contributed by atoms with Gasteiger partial charge in [-0.2, -0.15) is 0 Å². The molecule has 39 heavy (non-hydrogen) atoms. The summed E-state index contributed by atoms with van der Waals surface area (Å²) >= 11 is 0. The molecule has 198 valence electrons. The normalized spacial score (nSPS) is 11.6. The lowest BCUT2D eigenvalue weighted by molar-refractivity contribution is -0.402. The van der Waals surface area contributed by atoms with Crippen LogP contribution >= 0.6 is 0 Å². The first-order chi connectivity index (χ1) is 18.7. The third kappa shape index (κ3) is 4.35. The van der Waals surface area contributed by atoms with Crippen molar-refractivity contribution >= 4 is 12.0 Å². The molecule has 0 bridgehead atoms. The van der Waals surface area contributed by atoms with Crippen molar-refractivity contribution in [3.63, 3.8) is 0 Å². The van der Waals surface area contributed by atoms with Gasteiger partial charge in [-0.1, -0.05) is 42.5 Å². The Bertz CT molecular complexity index is 1710. The minimum Gasteiger partial charge on any atom is -0.401 e. The molecule has 10 heteroatoms. The Morgan fingerprint density at radius 3 is 1.64 bits per heavy atom. The van der Waals surface area contributed by atoms with Crippen molar-refractivity contribution < 1.29 is 9.34 Å². The lowest BCUT2D eigenvalue weighted by Crippen LogP contribution is -2.25. The topological polar surface area (TPSA) is 110 Å². The fourth-order valence-electron chi connectivity index (χ4n) is 4.95. The lowest BCUT2D eigenvalue weighted by atomic mass is 9.91. The third-order valence-corrected chi connectivity index (χ3v) is 7.06. The van der Waals surface area contributed by atoms with E-state index in [1.54, 1.807) is 45.0 Å². The van der Waals surface area contributed by atoms with Gasteiger partial charge in [0.15, 0.2) is 0 Å². The van der Waals surface area contributed by atoms with Crippen molar-refractivity contribution in [2.24, 2.45) is 14.1 Å². The van der Waals surface area contributed by atoms with Crippen LogP contribution in [0.5, 0.6) is 0 Å². The van der Waals surface area contributed by atoms with Gasteiger partial charge in [0.05, 0.1) is 28.6 Å². The van der Waals surface area contributed by atoms with E-state index in [2.05, 4.69) is 0 Å². The van der Waals surface area contributed by atoms with Gasteiger partial charge in [0.25, 0.3) is 11.1 Å². The van der Waals surface area contributed by atoms with Crippen LogP contribution in [-0.4, -0.2) is 23.7 Å². The van der Waals surface area contributed by atoms with Crippen molar-refractivity contribution in [1.82, 2.24) is 18.7 Å². The number of nitro groups is 1. The zero-order valence-electron chi connectivity index (χ0n) is 21.9. The van der Waals surface area contributed by atoms with Gasteiger partial charge in [-0.15, -0.1) is 0 Å². The van der Waals surface area contributed by atoms with Crippen LogP contribution < -0.4 is 11.1 Å². The predicted octanol–water partition coefficient (Wildman–Crippen LogP) is 4.63. The Balaban J connectivity index is 1.76. The van der Waals surface area contributed by atoms with E-state index in [4.69, 9.17) is 4.42 Å². The Morgan fingerprint density at radius 1 is 0.769 bits per heavy atom. The highest BCUT2D eigenvalue weighted by molar-refractivity contribution is 5.52. The van der Waals surface area contributed by atoms with Gasteiger partial charge < -0.3 is 4.42 Å². The third-order valence-electron chi connectivity index (χ3n) is 7.06. The second-order valence-corrected chi connectivity index (χ2v) is 9.22. The molecule has 0 N–H and O–H groups in total. The summed E-state index contributed by atoms with van der Waals surface area (Å²) in [6.07, 6.45) is 3.26. The number of para-hydroxylation sites is 2. The van der Waals surface area contributed by atoms with Crippen LogP contribution in [0.1, 0.15) is 34.2 Å². The molecule has 0 aliphatic carbocycles. The van der Waals surface area contributed by atoms with Gasteiger partial charge in [0.2, 0.25) is 0 Å². The van der Waals surface area contributed by atoms with E-state index in [-0.39, 0.29) is 16.9 Å². The van der Waals surface area contributed by atoms with E-state index in [1.807, 2.05) is 74.5 Å². The molecule has 5 rings (SSSR count). The molecule has 0 fully saturated rings. The SMILES string of the molecule is Cc1c(C(/C=C/c2ccc([N+](=O)[O-])o2)c2c(C)n(C)n(-c3ccccc3)c2=O)c(=O)n(-c2ccccc2)n1C. The molecule has 10 nitrogen and oxygen atoms in total. The van der Waals surface area contributed by atoms with Crippen molar-refractivity contribution in [3.8, 4) is 11.4 Å². The van der Waals surface area contributed by atoms with Gasteiger partial charge >= 0.3 is 5.88 Å². The molecule has 0 saturated carbocycles. The van der Waals surface area contributed by atoms with E-state index in [9.17, 15) is 19.7 Å². The molecule has 0 aliphatic rings. The summed E-state index contributed by atoms with van der Waals surface area (Å²) < 4.78 is 12.0. The summed E-state index contributed by atoms with van der Waals surface area (Å²) in [7, 11) is 3.59. The molecular weight excluding hydrogens is 498 g/mol. The molecule has 0 saturated heterocycles. The fourth-order valence-corrected chi connectivity index (χ4v) is 4.95. The number of nitrogens with zero attached hydrogens (tertiary/aromatic N) is 5. The van der Waals surface area contributed by atoms with Gasteiger partial charge in [0.1, 0.15) is 10.7 Å². The van der Waals surface area contributed by atoms with Crippen LogP contribution in [0.4, 0.5) is 5.88 Å². The first-order valence-electron chi connectivity index (χ1n) is 12.3. The zero-order chi connectivity index (χ0) is 27.8. The molecule has 3 heterocycles. The first kappa shape index (κ1) is 25.5. The molecule has 0 atom stereocenters. The van der Waals surface area contributed by atoms with E-state index in [0.29, 0.717) is 33.9 Å². The molecule has 0 aliphatic heterocycles. The van der Waals surface area contributed by atoms with E-state index in [1.165, 1.54) is 12.1 Å². The van der Waals surface area contributed by atoms with Crippen LogP contribution in [0.15, 0.2) is 92.9 Å². The molecule has 0 spiro atoms. The Labute approximate surface area is 223 Å². The minimum atomic E-state index is -0.763. The van der Waals surface area contributed by atoms with Gasteiger partial charge in [-0.05, 0) is 50.3 Å². The summed E-state index contributed by atoms with van der Waals surface area (Å²) in [4.78, 5) is 38.5. The summed E-state index contributed by atoms with van der Waals surface area (Å²) in [5.41, 5.74) is 3.04. The van der Waals surface area contributed by atoms with E-state index in [0.717, 1.165) is 0 Å². The standard InChI is InChI=1S/C29H27N5O5/c1-19-26(28(35)32(30(19)3)21-11-7-5-8-12-21)24(17-15-23-16-18-25(39-23)34(37)38)27-20(2)31(4)33(29(27)36)22-13-9-6-10-14-22/h5-18,24H,1-4H3/b17-15+. The van der Waals surface area contributed by atoms with Crippen molar-refractivity contribution in [2.45, 2.75) is 19.8 Å². The highest BCUT2D eigenvalue weighted by Crippen LogP contribution is 2.30. The van der Waals surface area contributed by atoms with Crippen LogP contribution in [0.2, 0.25) is 0 Å². The average molecular weight is 526 g/mol. The molecule has 0 amide bonds. The first-order valence-corrected chi connectivity index (χ1v) is 12.3. The fraction of sp³-hybridized carbons (Fsp3) is 0.172. The Hall–Kier alpha value is -5.12. The highest BCUT2D eigenvalue weighted by Gasteiger charge is 2.30. The summed E-state index contributed by atoms with van der Waals surface area (Å²) in [5, 5.41) is 11.1. The largest absolute Gasteiger partial charge is 0.433 e. The van der Waals surface area contributed by atoms with Crippen molar-refractivity contribution in [3.05, 3.63) is 138 Å². The lowest BCUT2D eigenvalue weighted by Gasteiger charge is -2.11. The molecule has 2 aromatic carbocycles. The van der Waals surface area contributed by atoms with Crippen LogP contribution in [0, 0.1) is 24.0 Å². The Kier molecular flexibility index (Phi) is 6.53. The maximum Gasteiger partial charge on any atom is 0.433 e. The number of allylic oxidation sites excluding steroid dienone is 1. The van der Waals surface area contributed by atoms with Crippen LogP contribution in [0.25, 0.3) is 17.5 Å². The Morgan fingerprint density at radius 2 is 1.23 bits per heavy atom. The molecule has 0 unspecified atom stereocenters. The number of hydrogen-bond donors (Lipinski definition) is 0. The van der Waals surface area contributed by atoms with Crippen LogP contribution in [0.3, 0.4) is 0 Å². The quantitative estimate of drug-likeness (QED) is 0.227. The summed E-state index contributed by atoms with van der Waals surface area (Å²) in [6.45, 7) is 3.67. The van der Waals surface area contributed by atoms with Crippen molar-refractivity contribution in [1.29, 1.82) is 0 Å². The number of aromatic nitrogens is 4. The number of rotatable bonds is 7. The minimum absolute atomic E-state index is 0.237. The zero-order valence-corrected chi connectivity index (χ0v) is 21.9. The monoisotopic (exact) mass is 525 g/mol. The number of benzene rings is 2. The number of hydrogen-bond acceptors (Lipinski definition) is 5. The summed E-state index contributed by atoms with van der Waals surface area (Å²) in [5.74, 6) is -0.919. The summed E-state index contributed by atoms with van der Waals surface area (Å²) in [6, 6.07) is 21.3. The van der Waals surface area contributed by atoms with Gasteiger partial charge in [0, 0.05) is 31.4 Å². The molecule has 5 aromatic rings. The maximum atomic E-state index is 14.0. The predicted molar refractivity (Wildman–Crippen MR) is 148 cm³/mol. The van der Waals surface area contributed by atoms with E-state index >= 15 is 0 Å². The molecule has 0 radical (unpaired) electrons. The highest BCUT2D eigenvalue weighted by atomic mass is 16.6. The van der Waals surface area contributed by atoms with Gasteiger partial charge in [-0.3, -0.25) is 29.1 Å². The van der Waals surface area contributed by atoms with Crippen molar-refractivity contribution in [2.75, 3.05) is 0 Å². The second-order valence-electron chi connectivity index (χ2n) is 9.22. The van der Waals surface area contributed by atoms with E-state index < -0.39 is 16.7 Å². The maximum absolute atomic E-state index is 14.0. The van der Waals surface area contributed by atoms with Crippen LogP contribution in [-0.2, 0) is 14.1 Å².